The van der Waals surface area contributed by atoms with Crippen molar-refractivity contribution in [3.8, 4) is 5.88 Å². The van der Waals surface area contributed by atoms with Gasteiger partial charge in [-0.25, -0.2) is 4.98 Å². The molecule has 0 aliphatic heterocycles. The molecule has 0 amide bonds. The second-order valence-corrected chi connectivity index (χ2v) is 5.17. The van der Waals surface area contributed by atoms with Gasteiger partial charge in [-0.3, -0.25) is 0 Å². The number of anilines is 2. The minimum atomic E-state index is 0.509. The van der Waals surface area contributed by atoms with Crippen molar-refractivity contribution in [1.29, 1.82) is 0 Å². The molecule has 1 saturated carbocycles. The lowest BCUT2D eigenvalue weighted by Gasteiger charge is -2.32. The number of rotatable bonds is 5. The van der Waals surface area contributed by atoms with E-state index in [1.807, 2.05) is 0 Å². The molecule has 0 bridgehead atoms. The molecule has 0 aromatic carbocycles. The fourth-order valence-electron chi connectivity index (χ4n) is 2.61. The molecule has 1 fully saturated rings. The van der Waals surface area contributed by atoms with E-state index in [-0.39, 0.29) is 0 Å². The van der Waals surface area contributed by atoms with Crippen LogP contribution in [0.1, 0.15) is 45.4 Å². The molecule has 2 N–H and O–H groups in total. The molecule has 5 nitrogen and oxygen atoms in total. The molecule has 1 aliphatic rings. The van der Waals surface area contributed by atoms with Crippen LogP contribution in [0.25, 0.3) is 0 Å². The lowest BCUT2D eigenvalue weighted by Crippen LogP contribution is -2.34. The number of hydrogen-bond acceptors (Lipinski definition) is 5. The molecule has 1 heterocycles. The van der Waals surface area contributed by atoms with E-state index in [9.17, 15) is 0 Å². The second kappa shape index (κ2) is 6.59. The molecule has 0 spiro atoms. The van der Waals surface area contributed by atoms with Crippen LogP contribution in [0.15, 0.2) is 6.33 Å². The molecule has 1 aromatic rings. The maximum Gasteiger partial charge on any atom is 0.242 e. The van der Waals surface area contributed by atoms with Crippen LogP contribution in [0, 0.1) is 0 Å². The standard InChI is InChI=1S/C14H24N4O/c1-3-9-19-14-12(15)13(16-10-17-14)18(2)11-7-5-4-6-8-11/h10-11H,3-9,15H2,1-2H3. The van der Waals surface area contributed by atoms with Crippen LogP contribution in [-0.4, -0.2) is 29.7 Å². The zero-order valence-corrected chi connectivity index (χ0v) is 11.9. The number of nitrogens with zero attached hydrogens (tertiary/aromatic N) is 3. The Balaban J connectivity index is 2.14. The van der Waals surface area contributed by atoms with E-state index in [0.717, 1.165) is 12.2 Å². The highest BCUT2D eigenvalue weighted by Gasteiger charge is 2.22. The molecular weight excluding hydrogens is 240 g/mol. The maximum atomic E-state index is 6.14. The van der Waals surface area contributed by atoms with Gasteiger partial charge in [-0.15, -0.1) is 0 Å². The highest BCUT2D eigenvalue weighted by Crippen LogP contribution is 2.31. The van der Waals surface area contributed by atoms with Gasteiger partial charge >= 0.3 is 0 Å². The van der Waals surface area contributed by atoms with Gasteiger partial charge in [0.15, 0.2) is 5.82 Å². The Morgan fingerprint density at radius 2 is 2.05 bits per heavy atom. The molecule has 0 unspecified atom stereocenters. The highest BCUT2D eigenvalue weighted by molar-refractivity contribution is 5.67. The van der Waals surface area contributed by atoms with Gasteiger partial charge in [0.2, 0.25) is 5.88 Å². The molecule has 0 saturated heterocycles. The fourth-order valence-corrected chi connectivity index (χ4v) is 2.61. The van der Waals surface area contributed by atoms with Gasteiger partial charge in [-0.2, -0.15) is 4.98 Å². The summed E-state index contributed by atoms with van der Waals surface area (Å²) in [6.07, 6.45) is 8.83. The Morgan fingerprint density at radius 1 is 1.32 bits per heavy atom. The van der Waals surface area contributed by atoms with Crippen molar-refractivity contribution in [3.05, 3.63) is 6.33 Å². The Hall–Kier alpha value is -1.52. The second-order valence-electron chi connectivity index (χ2n) is 5.17. The Kier molecular flexibility index (Phi) is 4.82. The third-order valence-corrected chi connectivity index (χ3v) is 3.73. The van der Waals surface area contributed by atoms with E-state index in [1.165, 1.54) is 38.4 Å². The number of hydrogen-bond donors (Lipinski definition) is 1. The first-order chi connectivity index (χ1) is 9.24. The predicted octanol–water partition coefficient (Wildman–Crippen LogP) is 2.62. The van der Waals surface area contributed by atoms with Crippen LogP contribution in [0.5, 0.6) is 5.88 Å². The quantitative estimate of drug-likeness (QED) is 0.885. The van der Waals surface area contributed by atoms with Gasteiger partial charge in [0.05, 0.1) is 6.61 Å². The first kappa shape index (κ1) is 13.9. The third-order valence-electron chi connectivity index (χ3n) is 3.73. The lowest BCUT2D eigenvalue weighted by atomic mass is 9.94. The van der Waals surface area contributed by atoms with Gasteiger partial charge < -0.3 is 15.4 Å². The van der Waals surface area contributed by atoms with Crippen molar-refractivity contribution < 1.29 is 4.74 Å². The van der Waals surface area contributed by atoms with Crippen molar-refractivity contribution in [2.24, 2.45) is 0 Å². The fraction of sp³-hybridized carbons (Fsp3) is 0.714. The average Bonchev–Trinajstić information content (AvgIpc) is 2.46. The molecular formula is C14H24N4O. The number of ether oxygens (including phenoxy) is 1. The molecule has 0 radical (unpaired) electrons. The van der Waals surface area contributed by atoms with Crippen molar-refractivity contribution in [3.63, 3.8) is 0 Å². The molecule has 2 rings (SSSR count). The number of nitrogen functional groups attached to an aromatic ring is 1. The molecule has 5 heteroatoms. The minimum Gasteiger partial charge on any atom is -0.476 e. The Morgan fingerprint density at radius 3 is 2.74 bits per heavy atom. The van der Waals surface area contributed by atoms with Gasteiger partial charge in [-0.05, 0) is 19.3 Å². The normalized spacial score (nSPS) is 16.3. The van der Waals surface area contributed by atoms with E-state index in [4.69, 9.17) is 10.5 Å². The summed E-state index contributed by atoms with van der Waals surface area (Å²) in [7, 11) is 2.07. The Bertz CT molecular complexity index is 404. The van der Waals surface area contributed by atoms with E-state index in [2.05, 4.69) is 28.8 Å². The van der Waals surface area contributed by atoms with Crippen molar-refractivity contribution in [2.45, 2.75) is 51.5 Å². The summed E-state index contributed by atoms with van der Waals surface area (Å²) in [5.41, 5.74) is 6.70. The SMILES string of the molecule is CCCOc1ncnc(N(C)C2CCCCC2)c1N. The summed E-state index contributed by atoms with van der Waals surface area (Å²) in [6, 6.07) is 0.532. The van der Waals surface area contributed by atoms with Crippen LogP contribution in [0.4, 0.5) is 11.5 Å². The van der Waals surface area contributed by atoms with Crippen molar-refractivity contribution in [1.82, 2.24) is 9.97 Å². The van der Waals surface area contributed by atoms with Crippen molar-refractivity contribution >= 4 is 11.5 Å². The molecule has 1 aromatic heterocycles. The monoisotopic (exact) mass is 264 g/mol. The summed E-state index contributed by atoms with van der Waals surface area (Å²) in [4.78, 5) is 10.6. The largest absolute Gasteiger partial charge is 0.476 e. The smallest absolute Gasteiger partial charge is 0.242 e. The third kappa shape index (κ3) is 3.28. The van der Waals surface area contributed by atoms with Crippen LogP contribution in [0.3, 0.4) is 0 Å². The first-order valence-electron chi connectivity index (χ1n) is 7.20. The van der Waals surface area contributed by atoms with E-state index in [0.29, 0.717) is 24.2 Å². The van der Waals surface area contributed by atoms with Gasteiger partial charge in [0, 0.05) is 13.1 Å². The number of aromatic nitrogens is 2. The summed E-state index contributed by atoms with van der Waals surface area (Å²) < 4.78 is 5.56. The van der Waals surface area contributed by atoms with Crippen LogP contribution in [-0.2, 0) is 0 Å². The zero-order valence-electron chi connectivity index (χ0n) is 11.9. The molecule has 1 aliphatic carbocycles. The van der Waals surface area contributed by atoms with E-state index < -0.39 is 0 Å². The summed E-state index contributed by atoms with van der Waals surface area (Å²) in [5.74, 6) is 1.31. The molecule has 106 valence electrons. The lowest BCUT2D eigenvalue weighted by molar-refractivity contribution is 0.306. The van der Waals surface area contributed by atoms with Crippen LogP contribution in [0.2, 0.25) is 0 Å². The number of nitrogens with two attached hydrogens (primary N) is 1. The van der Waals surface area contributed by atoms with E-state index in [1.54, 1.807) is 0 Å². The topological polar surface area (TPSA) is 64.3 Å². The van der Waals surface area contributed by atoms with Crippen LogP contribution < -0.4 is 15.4 Å². The predicted molar refractivity (Wildman–Crippen MR) is 77.5 cm³/mol. The average molecular weight is 264 g/mol. The zero-order chi connectivity index (χ0) is 13.7. The van der Waals surface area contributed by atoms with Gasteiger partial charge in [-0.1, -0.05) is 26.2 Å². The minimum absolute atomic E-state index is 0.509. The molecule has 19 heavy (non-hydrogen) atoms. The maximum absolute atomic E-state index is 6.14. The van der Waals surface area contributed by atoms with Crippen molar-refractivity contribution in [2.75, 3.05) is 24.3 Å². The van der Waals surface area contributed by atoms with Gasteiger partial charge in [0.25, 0.3) is 0 Å². The molecule has 0 atom stereocenters. The van der Waals surface area contributed by atoms with Crippen LogP contribution >= 0.6 is 0 Å². The first-order valence-corrected chi connectivity index (χ1v) is 7.20. The highest BCUT2D eigenvalue weighted by atomic mass is 16.5. The summed E-state index contributed by atoms with van der Waals surface area (Å²) in [5, 5.41) is 0. The van der Waals surface area contributed by atoms with Gasteiger partial charge in [0.1, 0.15) is 12.0 Å². The van der Waals surface area contributed by atoms with E-state index >= 15 is 0 Å². The summed E-state index contributed by atoms with van der Waals surface area (Å²) >= 11 is 0. The summed E-state index contributed by atoms with van der Waals surface area (Å²) in [6.45, 7) is 2.69. The Labute approximate surface area is 115 Å².